The Balaban J connectivity index is 4.29. The normalized spacial score (nSPS) is 13.6. The zero-order valence-electron chi connectivity index (χ0n) is 39.1. The second-order valence-corrected chi connectivity index (χ2v) is 17.0. The number of carboxylic acids is 1. The van der Waals surface area contributed by atoms with Crippen LogP contribution in [0.25, 0.3) is 0 Å². The second-order valence-electron chi connectivity index (χ2n) is 17.0. The topological polar surface area (TPSA) is 99.1 Å². The highest BCUT2D eigenvalue weighted by molar-refractivity contribution is 5.72. The Labute approximate surface area is 368 Å². The lowest BCUT2D eigenvalue weighted by Gasteiger charge is -2.31. The minimum atomic E-state index is -0.881. The number of carboxylic acid groups (broad SMARTS) is 1. The summed E-state index contributed by atoms with van der Waals surface area (Å²) in [5.74, 6) is -1.51. The smallest absolute Gasteiger partial charge is 0.362 e. The van der Waals surface area contributed by atoms with Crippen LogP contribution in [0.2, 0.25) is 0 Å². The van der Waals surface area contributed by atoms with Gasteiger partial charge >= 0.3 is 17.9 Å². The van der Waals surface area contributed by atoms with Crippen LogP contribution in [0.1, 0.15) is 187 Å². The minimum Gasteiger partial charge on any atom is -0.477 e. The number of allylic oxidation sites excluding steroid dienone is 12. The van der Waals surface area contributed by atoms with E-state index in [2.05, 4.69) is 86.8 Å². The molecule has 0 fully saturated rings. The highest BCUT2D eigenvalue weighted by atomic mass is 16.6. The van der Waals surface area contributed by atoms with Gasteiger partial charge < -0.3 is 23.8 Å². The number of aliphatic carboxylic acids is 1. The summed E-state index contributed by atoms with van der Waals surface area (Å²) in [7, 11) is 5.52. The maximum Gasteiger partial charge on any atom is 0.362 e. The molecule has 0 amide bonds. The fraction of sp³-hybridized carbons (Fsp3) is 0.712. The zero-order valence-corrected chi connectivity index (χ0v) is 39.1. The lowest BCUT2D eigenvalue weighted by molar-refractivity contribution is -0.887. The van der Waals surface area contributed by atoms with Gasteiger partial charge in [-0.3, -0.25) is 9.59 Å². The Hall–Kier alpha value is -3.23. The van der Waals surface area contributed by atoms with E-state index in [0.717, 1.165) is 89.9 Å². The molecule has 0 rings (SSSR count). The monoisotopic (exact) mass is 841 g/mol. The summed E-state index contributed by atoms with van der Waals surface area (Å²) in [6.07, 6.45) is 53.8. The molecule has 60 heavy (non-hydrogen) atoms. The molecule has 0 aliphatic rings. The van der Waals surface area contributed by atoms with E-state index in [1.807, 2.05) is 21.1 Å². The number of ether oxygens (including phenoxy) is 3. The van der Waals surface area contributed by atoms with Crippen molar-refractivity contribution in [1.29, 1.82) is 0 Å². The van der Waals surface area contributed by atoms with E-state index in [1.165, 1.54) is 64.2 Å². The second kappa shape index (κ2) is 42.5. The van der Waals surface area contributed by atoms with Crippen molar-refractivity contribution in [3.63, 3.8) is 0 Å². The number of quaternary nitrogens is 1. The number of hydrogen-bond acceptors (Lipinski definition) is 6. The Kier molecular flexibility index (Phi) is 40.2. The Morgan fingerprint density at radius 3 is 1.42 bits per heavy atom. The van der Waals surface area contributed by atoms with Crippen LogP contribution in [0, 0.1) is 0 Å². The molecule has 0 heterocycles. The zero-order chi connectivity index (χ0) is 44.2. The van der Waals surface area contributed by atoms with E-state index < -0.39 is 18.1 Å². The molecule has 0 spiro atoms. The number of unbranched alkanes of at least 4 members (excludes halogenated alkanes) is 16. The van der Waals surface area contributed by atoms with Crippen LogP contribution in [0.4, 0.5) is 0 Å². The third kappa shape index (κ3) is 40.2. The van der Waals surface area contributed by atoms with Gasteiger partial charge in [0.2, 0.25) is 0 Å². The first kappa shape index (κ1) is 56.8. The van der Waals surface area contributed by atoms with E-state index >= 15 is 0 Å². The van der Waals surface area contributed by atoms with Crippen molar-refractivity contribution in [3.8, 4) is 0 Å². The average molecular weight is 841 g/mol. The van der Waals surface area contributed by atoms with Crippen LogP contribution in [0.15, 0.2) is 72.9 Å². The minimum absolute atomic E-state index is 0.0486. The number of nitrogens with zero attached hydrogens (tertiary/aromatic N) is 1. The fourth-order valence-electron chi connectivity index (χ4n) is 6.64. The third-order valence-corrected chi connectivity index (χ3v) is 10.3. The van der Waals surface area contributed by atoms with Gasteiger partial charge in [-0.15, -0.1) is 0 Å². The van der Waals surface area contributed by atoms with Gasteiger partial charge in [-0.1, -0.05) is 157 Å². The Morgan fingerprint density at radius 1 is 0.517 bits per heavy atom. The van der Waals surface area contributed by atoms with Crippen molar-refractivity contribution >= 4 is 17.9 Å². The number of carbonyl (C=O) groups excluding carboxylic acids is 2. The van der Waals surface area contributed by atoms with Crippen molar-refractivity contribution in [3.05, 3.63) is 72.9 Å². The van der Waals surface area contributed by atoms with Gasteiger partial charge in [0, 0.05) is 19.3 Å². The van der Waals surface area contributed by atoms with E-state index in [9.17, 15) is 19.5 Å². The van der Waals surface area contributed by atoms with Gasteiger partial charge in [0.1, 0.15) is 6.61 Å². The number of rotatable bonds is 42. The molecule has 0 aromatic rings. The maximum absolute atomic E-state index is 12.7. The standard InChI is InChI=1S/C52H89NO7/c1-6-8-10-12-14-16-18-20-21-22-23-24-25-26-27-28-29-31-32-34-36-38-40-42-50(54)59-47-48(46-58-45-44-49(52(56)57)53(3,4)5)60-51(55)43-41-39-37-35-33-30-19-17-15-13-11-9-7-2/h8,10,14,16,20-21,23-24,26-27,30,33,48-49H,6-7,9,11-13,15,17-19,22,25,28-29,31-32,34-47H2,1-5H3/p+1/b10-8+,16-14+,21-20+,24-23+,27-26+,33-30+. The Bertz CT molecular complexity index is 1210. The molecule has 8 nitrogen and oxygen atoms in total. The molecule has 0 aliphatic carbocycles. The molecule has 0 radical (unpaired) electrons. The van der Waals surface area contributed by atoms with E-state index in [-0.39, 0.29) is 36.2 Å². The molecule has 0 aromatic heterocycles. The summed E-state index contributed by atoms with van der Waals surface area (Å²) in [6, 6.07) is -0.621. The van der Waals surface area contributed by atoms with Gasteiger partial charge in [0.25, 0.3) is 0 Å². The third-order valence-electron chi connectivity index (χ3n) is 10.3. The number of esters is 2. The van der Waals surface area contributed by atoms with Gasteiger partial charge in [-0.2, -0.15) is 0 Å². The van der Waals surface area contributed by atoms with Gasteiger partial charge in [-0.25, -0.2) is 4.79 Å². The molecule has 0 bridgehead atoms. The molecule has 2 atom stereocenters. The summed E-state index contributed by atoms with van der Waals surface area (Å²) < 4.78 is 17.3. The van der Waals surface area contributed by atoms with Gasteiger partial charge in [-0.05, 0) is 83.5 Å². The molecule has 0 aromatic carbocycles. The molecule has 0 saturated heterocycles. The first-order valence-corrected chi connectivity index (χ1v) is 24.0. The molecule has 8 heteroatoms. The summed E-state index contributed by atoms with van der Waals surface area (Å²) in [5.41, 5.74) is 0. The van der Waals surface area contributed by atoms with E-state index in [4.69, 9.17) is 14.2 Å². The van der Waals surface area contributed by atoms with Crippen molar-refractivity contribution in [2.45, 2.75) is 199 Å². The summed E-state index contributed by atoms with van der Waals surface area (Å²) in [6.45, 7) is 4.58. The van der Waals surface area contributed by atoms with Crippen molar-refractivity contribution in [2.24, 2.45) is 0 Å². The SMILES string of the molecule is CC/C=C/C/C=C/C/C=C/C/C=C/C/C=C/CCCCCCCCCC(=O)OCC(COCCC(C(=O)O)[N+](C)(C)C)OC(=O)CCCCC/C=C/CCCCCCCC. The highest BCUT2D eigenvalue weighted by Gasteiger charge is 2.31. The van der Waals surface area contributed by atoms with Crippen LogP contribution in [-0.4, -0.2) is 80.6 Å². The highest BCUT2D eigenvalue weighted by Crippen LogP contribution is 2.13. The van der Waals surface area contributed by atoms with Gasteiger partial charge in [0.05, 0.1) is 34.4 Å². The molecule has 2 unspecified atom stereocenters. The van der Waals surface area contributed by atoms with E-state index in [1.54, 1.807) is 0 Å². The van der Waals surface area contributed by atoms with Gasteiger partial charge in [0.15, 0.2) is 12.1 Å². The van der Waals surface area contributed by atoms with Crippen LogP contribution in [-0.2, 0) is 28.6 Å². The number of hydrogen-bond donors (Lipinski definition) is 1. The summed E-state index contributed by atoms with van der Waals surface area (Å²) in [5, 5.41) is 9.63. The predicted octanol–water partition coefficient (Wildman–Crippen LogP) is 13.5. The van der Waals surface area contributed by atoms with Crippen LogP contribution in [0.5, 0.6) is 0 Å². The molecular weight excluding hydrogens is 751 g/mol. The quantitative estimate of drug-likeness (QED) is 0.0283. The fourth-order valence-corrected chi connectivity index (χ4v) is 6.64. The van der Waals surface area contributed by atoms with Crippen molar-refractivity contribution < 1.29 is 38.2 Å². The van der Waals surface area contributed by atoms with Crippen molar-refractivity contribution in [1.82, 2.24) is 0 Å². The summed E-state index contributed by atoms with van der Waals surface area (Å²) in [4.78, 5) is 37.0. The number of carbonyl (C=O) groups is 3. The molecule has 0 aliphatic heterocycles. The van der Waals surface area contributed by atoms with Crippen molar-refractivity contribution in [2.75, 3.05) is 41.0 Å². The van der Waals surface area contributed by atoms with Crippen LogP contribution in [0.3, 0.4) is 0 Å². The lowest BCUT2D eigenvalue weighted by atomic mass is 10.1. The molecular formula is C52H90NO7+. The molecule has 0 saturated carbocycles. The molecule has 344 valence electrons. The predicted molar refractivity (Wildman–Crippen MR) is 252 cm³/mol. The average Bonchev–Trinajstić information content (AvgIpc) is 3.21. The van der Waals surface area contributed by atoms with Crippen LogP contribution >= 0.6 is 0 Å². The summed E-state index contributed by atoms with van der Waals surface area (Å²) >= 11 is 0. The van der Waals surface area contributed by atoms with Crippen LogP contribution < -0.4 is 0 Å². The lowest BCUT2D eigenvalue weighted by Crippen LogP contribution is -2.50. The van der Waals surface area contributed by atoms with E-state index in [0.29, 0.717) is 19.3 Å². The largest absolute Gasteiger partial charge is 0.477 e. The Morgan fingerprint density at radius 2 is 0.933 bits per heavy atom. The first-order chi connectivity index (χ1) is 29.1. The number of likely N-dealkylation sites (N-methyl/N-ethyl adjacent to an activating group) is 1. The maximum atomic E-state index is 12.7. The first-order valence-electron chi connectivity index (χ1n) is 24.0. The molecule has 1 N–H and O–H groups in total.